The lowest BCUT2D eigenvalue weighted by molar-refractivity contribution is 0.449. The lowest BCUT2D eigenvalue weighted by atomic mass is 10.2. The van der Waals surface area contributed by atoms with Gasteiger partial charge in [0.05, 0.1) is 5.69 Å². The molecule has 0 spiro atoms. The predicted molar refractivity (Wildman–Crippen MR) is 88.7 cm³/mol. The molecule has 9 heteroatoms. The van der Waals surface area contributed by atoms with Crippen LogP contribution in [0.5, 0.6) is 5.88 Å². The van der Waals surface area contributed by atoms with Crippen molar-refractivity contribution < 1.29 is 9.50 Å². The number of hydrogen-bond acceptors (Lipinski definition) is 6. The smallest absolute Gasteiger partial charge is 0.264 e. The van der Waals surface area contributed by atoms with Crippen molar-refractivity contribution in [3.63, 3.8) is 0 Å². The number of H-pyrrole nitrogens is 2. The summed E-state index contributed by atoms with van der Waals surface area (Å²) >= 11 is 5.99. The zero-order valence-electron chi connectivity index (χ0n) is 11.4. The maximum atomic E-state index is 12.9. The Labute approximate surface area is 138 Å². The van der Waals surface area contributed by atoms with Gasteiger partial charge in [0.1, 0.15) is 11.4 Å². The van der Waals surface area contributed by atoms with Crippen molar-refractivity contribution in [3.8, 4) is 17.1 Å². The summed E-state index contributed by atoms with van der Waals surface area (Å²) in [6.07, 6.45) is 1.20. The summed E-state index contributed by atoms with van der Waals surface area (Å²) in [6, 6.07) is 5.93. The third-order valence-corrected chi connectivity index (χ3v) is 3.85. The second-order valence-electron chi connectivity index (χ2n) is 4.45. The van der Waals surface area contributed by atoms with Gasteiger partial charge in [0.15, 0.2) is 4.77 Å². The minimum atomic E-state index is -0.551. The summed E-state index contributed by atoms with van der Waals surface area (Å²) in [5.41, 5.74) is 0.809. The number of rotatable bonds is 3. The van der Waals surface area contributed by atoms with Gasteiger partial charge >= 0.3 is 0 Å². The van der Waals surface area contributed by atoms with Gasteiger partial charge in [-0.15, -0.1) is 11.3 Å². The summed E-state index contributed by atoms with van der Waals surface area (Å²) in [7, 11) is 0. The van der Waals surface area contributed by atoms with Crippen LogP contribution in [0.1, 0.15) is 5.56 Å². The quantitative estimate of drug-likeness (QED) is 0.501. The van der Waals surface area contributed by atoms with Gasteiger partial charge in [0.25, 0.3) is 5.56 Å². The van der Waals surface area contributed by atoms with Crippen molar-refractivity contribution in [1.29, 1.82) is 0 Å². The topological polar surface area (TPSA) is 94.1 Å². The van der Waals surface area contributed by atoms with Crippen LogP contribution in [0, 0.1) is 10.6 Å². The molecule has 116 valence electrons. The Bertz CT molecular complexity index is 989. The molecule has 3 aromatic rings. The van der Waals surface area contributed by atoms with Crippen molar-refractivity contribution in [2.24, 2.45) is 4.99 Å². The molecule has 6 nitrogen and oxygen atoms in total. The summed E-state index contributed by atoms with van der Waals surface area (Å²) in [6.45, 7) is 0. The first-order valence-corrected chi connectivity index (χ1v) is 7.63. The molecule has 0 radical (unpaired) electrons. The molecule has 0 amide bonds. The van der Waals surface area contributed by atoms with Gasteiger partial charge in [-0.1, -0.05) is 0 Å². The van der Waals surface area contributed by atoms with Crippen LogP contribution in [0.25, 0.3) is 11.3 Å². The first-order valence-electron chi connectivity index (χ1n) is 6.34. The third-order valence-electron chi connectivity index (χ3n) is 2.89. The zero-order valence-corrected chi connectivity index (χ0v) is 13.0. The molecule has 0 saturated carbocycles. The van der Waals surface area contributed by atoms with Gasteiger partial charge in [-0.2, -0.15) is 0 Å². The van der Waals surface area contributed by atoms with E-state index < -0.39 is 5.56 Å². The summed E-state index contributed by atoms with van der Waals surface area (Å²) in [4.78, 5) is 24.8. The fraction of sp³-hybridized carbons (Fsp3) is 0. The third kappa shape index (κ3) is 3.41. The van der Waals surface area contributed by atoms with Crippen LogP contribution in [-0.2, 0) is 0 Å². The standard InChI is InChI=1S/C14H9FN4O2S2/c15-8-3-1-7(2-4-8)10-6-23-14(17-10)16-5-9-11(20)18-13(22)19-12(9)21/h1-6H,(H3,18,19,20,21,22)/b16-5+. The maximum absolute atomic E-state index is 12.9. The van der Waals surface area contributed by atoms with Gasteiger partial charge in [-0.3, -0.25) is 9.78 Å². The summed E-state index contributed by atoms with van der Waals surface area (Å²) in [5, 5.41) is 11.8. The normalized spacial score (nSPS) is 11.2. The Hall–Kier alpha value is -2.65. The van der Waals surface area contributed by atoms with Crippen LogP contribution in [-0.4, -0.2) is 26.3 Å². The molecule has 23 heavy (non-hydrogen) atoms. The average molecular weight is 348 g/mol. The van der Waals surface area contributed by atoms with Crippen LogP contribution in [0.4, 0.5) is 9.52 Å². The van der Waals surface area contributed by atoms with Crippen molar-refractivity contribution in [1.82, 2.24) is 15.0 Å². The van der Waals surface area contributed by atoms with E-state index in [-0.39, 0.29) is 22.0 Å². The van der Waals surface area contributed by atoms with E-state index in [0.717, 1.165) is 5.56 Å². The highest BCUT2D eigenvalue weighted by molar-refractivity contribution is 7.71. The van der Waals surface area contributed by atoms with Crippen LogP contribution in [0.2, 0.25) is 0 Å². The highest BCUT2D eigenvalue weighted by Gasteiger charge is 2.06. The summed E-state index contributed by atoms with van der Waals surface area (Å²) in [5.74, 6) is -0.684. The molecule has 0 aliphatic carbocycles. The van der Waals surface area contributed by atoms with E-state index >= 15 is 0 Å². The fourth-order valence-electron chi connectivity index (χ4n) is 1.80. The monoisotopic (exact) mass is 348 g/mol. The van der Waals surface area contributed by atoms with Crippen LogP contribution in [0.3, 0.4) is 0 Å². The average Bonchev–Trinajstić information content (AvgIpc) is 2.96. The molecule has 0 aliphatic heterocycles. The number of nitrogens with one attached hydrogen (secondary N) is 2. The molecule has 0 aliphatic rings. The molecule has 0 bridgehead atoms. The van der Waals surface area contributed by atoms with Gasteiger partial charge in [-0.25, -0.2) is 14.4 Å². The molecule has 3 N–H and O–H groups in total. The molecule has 3 rings (SSSR count). The van der Waals surface area contributed by atoms with E-state index in [1.54, 1.807) is 17.5 Å². The Morgan fingerprint density at radius 2 is 2.04 bits per heavy atom. The van der Waals surface area contributed by atoms with E-state index in [1.807, 2.05) is 0 Å². The SMILES string of the molecule is O=c1[nH]c(=S)[nH]c(O)c1/C=N/c1nc(-c2ccc(F)cc2)cs1. The van der Waals surface area contributed by atoms with Gasteiger partial charge in [-0.05, 0) is 36.5 Å². The molecule has 0 atom stereocenters. The number of halogens is 1. The molecular weight excluding hydrogens is 339 g/mol. The molecule has 0 unspecified atom stereocenters. The van der Waals surface area contributed by atoms with Crippen LogP contribution < -0.4 is 5.56 Å². The Morgan fingerprint density at radius 3 is 2.74 bits per heavy atom. The first-order chi connectivity index (χ1) is 11.0. The lowest BCUT2D eigenvalue weighted by Crippen LogP contribution is -2.13. The number of nitrogens with zero attached hydrogens (tertiary/aromatic N) is 2. The molecular formula is C14H9FN4O2S2. The maximum Gasteiger partial charge on any atom is 0.264 e. The molecule has 1 aromatic carbocycles. The first kappa shape index (κ1) is 15.3. The minimum Gasteiger partial charge on any atom is -0.494 e. The zero-order chi connectivity index (χ0) is 16.4. The second kappa shape index (κ2) is 6.23. The van der Waals surface area contributed by atoms with Gasteiger partial charge in [0.2, 0.25) is 11.0 Å². The highest BCUT2D eigenvalue weighted by Crippen LogP contribution is 2.26. The number of hydrogen-bond donors (Lipinski definition) is 3. The number of aromatic amines is 2. The van der Waals surface area contributed by atoms with Crippen LogP contribution in [0.15, 0.2) is 39.4 Å². The minimum absolute atomic E-state index is 0.0255. The number of aromatic hydroxyl groups is 1. The molecule has 2 aromatic heterocycles. The number of benzene rings is 1. The van der Waals surface area contributed by atoms with Crippen LogP contribution >= 0.6 is 23.6 Å². The Morgan fingerprint density at radius 1 is 1.30 bits per heavy atom. The van der Waals surface area contributed by atoms with Crippen molar-refractivity contribution in [2.45, 2.75) is 0 Å². The summed E-state index contributed by atoms with van der Waals surface area (Å²) < 4.78 is 12.9. The van der Waals surface area contributed by atoms with E-state index in [2.05, 4.69) is 19.9 Å². The number of aromatic nitrogens is 3. The Balaban J connectivity index is 1.89. The highest BCUT2D eigenvalue weighted by atomic mass is 32.1. The number of thiazole rings is 1. The fourth-order valence-corrected chi connectivity index (χ4v) is 2.66. The van der Waals surface area contributed by atoms with E-state index in [1.165, 1.54) is 29.7 Å². The van der Waals surface area contributed by atoms with E-state index in [4.69, 9.17) is 12.2 Å². The van der Waals surface area contributed by atoms with E-state index in [9.17, 15) is 14.3 Å². The van der Waals surface area contributed by atoms with Gasteiger partial charge in [0, 0.05) is 17.2 Å². The Kier molecular flexibility index (Phi) is 4.13. The lowest BCUT2D eigenvalue weighted by Gasteiger charge is -1.96. The largest absolute Gasteiger partial charge is 0.494 e. The van der Waals surface area contributed by atoms with Crippen molar-refractivity contribution in [3.05, 3.63) is 56.2 Å². The van der Waals surface area contributed by atoms with Crippen molar-refractivity contribution in [2.75, 3.05) is 0 Å². The predicted octanol–water partition coefficient (Wildman–Crippen LogP) is 3.15. The number of aliphatic imine (C=N–C) groups is 1. The van der Waals surface area contributed by atoms with Gasteiger partial charge < -0.3 is 10.1 Å². The second-order valence-corrected chi connectivity index (χ2v) is 5.70. The molecule has 0 fully saturated rings. The molecule has 0 saturated heterocycles. The van der Waals surface area contributed by atoms with Crippen molar-refractivity contribution >= 4 is 34.9 Å². The molecule has 2 heterocycles. The van der Waals surface area contributed by atoms with E-state index in [0.29, 0.717) is 10.8 Å².